The fraction of sp³-hybridized carbons (Fsp3) is 0.435. The number of hydrogen-bond donors (Lipinski definition) is 3. The van der Waals surface area contributed by atoms with E-state index >= 15 is 0 Å². The maximum atomic E-state index is 14.0. The van der Waals surface area contributed by atoms with Crippen molar-refractivity contribution in [1.82, 2.24) is 31.8 Å². The predicted molar refractivity (Wildman–Crippen MR) is 117 cm³/mol. The molecule has 2 heterocycles. The summed E-state index contributed by atoms with van der Waals surface area (Å²) in [6.07, 6.45) is 4.71. The molecule has 3 fully saturated rings. The Morgan fingerprint density at radius 1 is 1.09 bits per heavy atom. The molecule has 12 heteroatoms. The number of phenolic OH excluding ortho intramolecular Hbond substituents is 1. The first-order chi connectivity index (χ1) is 16.2. The van der Waals surface area contributed by atoms with Gasteiger partial charge in [-0.1, -0.05) is 5.16 Å². The molecule has 3 saturated carbocycles. The minimum atomic E-state index is -1.78. The van der Waals surface area contributed by atoms with Crippen LogP contribution in [0.3, 0.4) is 0 Å². The van der Waals surface area contributed by atoms with Crippen LogP contribution >= 0.6 is 0 Å². The Labute approximate surface area is 198 Å². The first-order valence-corrected chi connectivity index (χ1v) is 11.0. The SMILES string of the molecule is Cc1ccc(-c2nc(C34CCC(CNC(=O)c5cc(F)c(O)c(F)c5F)(CC3)CC4)no2)nn1.N. The Balaban J connectivity index is 0.00000289. The van der Waals surface area contributed by atoms with Crippen LogP contribution in [0.1, 0.15) is 60.4 Å². The smallest absolute Gasteiger partial charge is 0.278 e. The topological polar surface area (TPSA) is 149 Å². The van der Waals surface area contributed by atoms with E-state index in [1.165, 1.54) is 0 Å². The fourth-order valence-corrected chi connectivity index (χ4v) is 5.03. The van der Waals surface area contributed by atoms with E-state index in [-0.39, 0.29) is 23.5 Å². The molecular formula is C23H25F3N6O3. The molecule has 0 aliphatic heterocycles. The lowest BCUT2D eigenvalue weighted by atomic mass is 9.53. The number of phenols is 1. The van der Waals surface area contributed by atoms with Gasteiger partial charge >= 0.3 is 0 Å². The normalized spacial score (nSPS) is 23.1. The molecule has 3 aromatic rings. The van der Waals surface area contributed by atoms with Crippen molar-refractivity contribution in [1.29, 1.82) is 0 Å². The number of fused-ring (bicyclic) bond motifs is 3. The molecule has 0 atom stereocenters. The molecule has 5 N–H and O–H groups in total. The van der Waals surface area contributed by atoms with Gasteiger partial charge < -0.3 is 21.1 Å². The van der Waals surface area contributed by atoms with Crippen LogP contribution in [0.25, 0.3) is 11.6 Å². The first-order valence-electron chi connectivity index (χ1n) is 11.0. The van der Waals surface area contributed by atoms with Crippen LogP contribution in [-0.4, -0.2) is 37.9 Å². The van der Waals surface area contributed by atoms with Gasteiger partial charge in [-0.15, -0.1) is 5.10 Å². The van der Waals surface area contributed by atoms with Gasteiger partial charge in [0.1, 0.15) is 0 Å². The van der Waals surface area contributed by atoms with Crippen LogP contribution in [0.2, 0.25) is 0 Å². The van der Waals surface area contributed by atoms with Crippen molar-refractivity contribution in [2.75, 3.05) is 6.54 Å². The monoisotopic (exact) mass is 490 g/mol. The predicted octanol–water partition coefficient (Wildman–Crippen LogP) is 4.14. The third kappa shape index (κ3) is 4.22. The standard InChI is InChI=1S/C23H22F3N5O3.H3N/c1-12-2-3-15(30-29-12)20-28-21(31-34-20)23-7-4-22(5-8-23,6-9-23)11-27-19(33)13-10-14(24)18(32)17(26)16(13)25;/h2-3,10,32H,4-9,11H2,1H3,(H,27,33);1H3. The Kier molecular flexibility index (Phi) is 6.26. The van der Waals surface area contributed by atoms with Crippen molar-refractivity contribution in [2.45, 2.75) is 50.9 Å². The number of aromatic nitrogens is 4. The molecule has 0 radical (unpaired) electrons. The summed E-state index contributed by atoms with van der Waals surface area (Å²) in [6, 6.07) is 4.10. The second-order valence-electron chi connectivity index (χ2n) is 9.33. The lowest BCUT2D eigenvalue weighted by Gasteiger charge is -2.52. The van der Waals surface area contributed by atoms with Gasteiger partial charge in [-0.25, -0.2) is 8.78 Å². The number of halogens is 3. The van der Waals surface area contributed by atoms with Gasteiger partial charge in [0.05, 0.1) is 11.3 Å². The van der Waals surface area contributed by atoms with Gasteiger partial charge in [-0.3, -0.25) is 4.79 Å². The molecule has 9 nitrogen and oxygen atoms in total. The van der Waals surface area contributed by atoms with E-state index in [9.17, 15) is 18.0 Å². The summed E-state index contributed by atoms with van der Waals surface area (Å²) in [5.41, 5.74) is 0.105. The third-order valence-electron chi connectivity index (χ3n) is 7.32. The molecule has 186 valence electrons. The minimum absolute atomic E-state index is 0. The van der Waals surface area contributed by atoms with Gasteiger partial charge in [0, 0.05) is 12.0 Å². The molecule has 0 saturated heterocycles. The summed E-state index contributed by atoms with van der Waals surface area (Å²) in [5, 5.41) is 24.1. The quantitative estimate of drug-likeness (QED) is 0.452. The second-order valence-corrected chi connectivity index (χ2v) is 9.33. The highest BCUT2D eigenvalue weighted by atomic mass is 19.2. The average molecular weight is 490 g/mol. The maximum Gasteiger partial charge on any atom is 0.278 e. The number of nitrogens with one attached hydrogen (secondary N) is 1. The van der Waals surface area contributed by atoms with Crippen LogP contribution in [-0.2, 0) is 5.41 Å². The van der Waals surface area contributed by atoms with E-state index in [1.807, 2.05) is 13.0 Å². The van der Waals surface area contributed by atoms with Crippen LogP contribution < -0.4 is 11.5 Å². The number of aromatic hydroxyl groups is 1. The number of carbonyl (C=O) groups is 1. The number of hydrogen-bond acceptors (Lipinski definition) is 8. The Bertz CT molecular complexity index is 1240. The van der Waals surface area contributed by atoms with Gasteiger partial charge in [0.15, 0.2) is 28.9 Å². The van der Waals surface area contributed by atoms with E-state index in [0.29, 0.717) is 23.5 Å². The lowest BCUT2D eigenvalue weighted by molar-refractivity contribution is 0.0334. The van der Waals surface area contributed by atoms with Crippen molar-refractivity contribution < 1.29 is 27.6 Å². The molecular weight excluding hydrogens is 465 g/mol. The van der Waals surface area contributed by atoms with Crippen molar-refractivity contribution >= 4 is 5.91 Å². The number of rotatable bonds is 5. The molecule has 2 aromatic heterocycles. The van der Waals surface area contributed by atoms with Crippen LogP contribution in [0, 0.1) is 29.8 Å². The second kappa shape index (κ2) is 8.91. The molecule has 0 spiro atoms. The number of benzene rings is 1. The number of aryl methyl sites for hydroxylation is 1. The van der Waals surface area contributed by atoms with Gasteiger partial charge in [-0.05, 0) is 69.1 Å². The van der Waals surface area contributed by atoms with Gasteiger partial charge in [0.25, 0.3) is 11.8 Å². The van der Waals surface area contributed by atoms with E-state index in [0.717, 1.165) is 44.2 Å². The van der Waals surface area contributed by atoms with E-state index in [1.54, 1.807) is 6.07 Å². The highest BCUT2D eigenvalue weighted by Gasteiger charge is 2.51. The van der Waals surface area contributed by atoms with Crippen molar-refractivity contribution in [2.24, 2.45) is 5.41 Å². The fourth-order valence-electron chi connectivity index (χ4n) is 5.03. The molecule has 0 unspecified atom stereocenters. The van der Waals surface area contributed by atoms with E-state index in [2.05, 4.69) is 25.7 Å². The molecule has 3 aliphatic carbocycles. The molecule has 2 bridgehead atoms. The number of amides is 1. The van der Waals surface area contributed by atoms with Crippen molar-refractivity contribution in [3.05, 3.63) is 52.7 Å². The highest BCUT2D eigenvalue weighted by molar-refractivity contribution is 5.94. The Morgan fingerprint density at radius 3 is 2.40 bits per heavy atom. The van der Waals surface area contributed by atoms with E-state index < -0.39 is 34.7 Å². The molecule has 1 aromatic carbocycles. The summed E-state index contributed by atoms with van der Waals surface area (Å²) in [7, 11) is 0. The Hall–Kier alpha value is -3.54. The molecule has 3 aliphatic rings. The Morgan fingerprint density at radius 2 is 1.77 bits per heavy atom. The van der Waals surface area contributed by atoms with Crippen LogP contribution in [0.5, 0.6) is 5.75 Å². The summed E-state index contributed by atoms with van der Waals surface area (Å²) in [6.45, 7) is 2.09. The summed E-state index contributed by atoms with van der Waals surface area (Å²) >= 11 is 0. The number of nitrogens with zero attached hydrogens (tertiary/aromatic N) is 4. The zero-order valence-corrected chi connectivity index (χ0v) is 19.1. The van der Waals surface area contributed by atoms with E-state index in [4.69, 9.17) is 9.63 Å². The highest BCUT2D eigenvalue weighted by Crippen LogP contribution is 2.57. The van der Waals surface area contributed by atoms with Crippen molar-refractivity contribution in [3.8, 4) is 17.3 Å². The van der Waals surface area contributed by atoms with Crippen molar-refractivity contribution in [3.63, 3.8) is 0 Å². The summed E-state index contributed by atoms with van der Waals surface area (Å²) in [5.74, 6) is -6.15. The van der Waals surface area contributed by atoms with Gasteiger partial charge in [0.2, 0.25) is 5.82 Å². The number of carbonyl (C=O) groups excluding carboxylic acids is 1. The van der Waals surface area contributed by atoms with Gasteiger partial charge in [-0.2, -0.15) is 14.5 Å². The zero-order valence-electron chi connectivity index (χ0n) is 19.1. The third-order valence-corrected chi connectivity index (χ3v) is 7.32. The zero-order chi connectivity index (χ0) is 24.1. The lowest BCUT2D eigenvalue weighted by Crippen LogP contribution is -2.49. The first kappa shape index (κ1) is 24.6. The van der Waals surface area contributed by atoms with Crippen LogP contribution in [0.15, 0.2) is 22.7 Å². The largest absolute Gasteiger partial charge is 0.503 e. The molecule has 35 heavy (non-hydrogen) atoms. The summed E-state index contributed by atoms with van der Waals surface area (Å²) < 4.78 is 46.7. The molecule has 1 amide bonds. The molecule has 6 rings (SSSR count). The minimum Gasteiger partial charge on any atom is -0.503 e. The van der Waals surface area contributed by atoms with Crippen LogP contribution in [0.4, 0.5) is 13.2 Å². The maximum absolute atomic E-state index is 14.0. The average Bonchev–Trinajstić information content (AvgIpc) is 3.36. The summed E-state index contributed by atoms with van der Waals surface area (Å²) in [4.78, 5) is 17.0.